The summed E-state index contributed by atoms with van der Waals surface area (Å²) >= 11 is 0. The zero-order valence-corrected chi connectivity index (χ0v) is 40.2. The fourth-order valence-corrected chi connectivity index (χ4v) is 8.38. The number of Topliss-reactive ketones (excluding diaryl/α,β-unsaturated/α-hetero) is 2. The minimum absolute atomic E-state index is 0.0227. The van der Waals surface area contributed by atoms with E-state index in [1.807, 2.05) is 45.0 Å². The number of nitrogens with one attached hydrogen (secondary N) is 4. The zero-order valence-electron chi connectivity index (χ0n) is 40.2. The number of nitrogens with zero attached hydrogens (tertiary/aromatic N) is 2. The monoisotopic (exact) mass is 934 g/mol. The van der Waals surface area contributed by atoms with Crippen molar-refractivity contribution in [1.29, 1.82) is 0 Å². The maximum atomic E-state index is 14.4. The molecule has 4 rings (SSSR count). The van der Waals surface area contributed by atoms with Gasteiger partial charge in [0.05, 0.1) is 18.4 Å². The summed E-state index contributed by atoms with van der Waals surface area (Å²) in [6.07, 6.45) is 5.38. The summed E-state index contributed by atoms with van der Waals surface area (Å²) in [5.41, 5.74) is 10.4. The molecule has 1 saturated heterocycles. The lowest BCUT2D eigenvalue weighted by atomic mass is 9.88. The molecule has 2 aliphatic heterocycles. The van der Waals surface area contributed by atoms with Crippen LogP contribution in [0.25, 0.3) is 0 Å². The van der Waals surface area contributed by atoms with E-state index in [0.717, 1.165) is 47.6 Å². The molecule has 2 aliphatic rings. The van der Waals surface area contributed by atoms with Crippen LogP contribution >= 0.6 is 0 Å². The molecule has 0 radical (unpaired) electrons. The number of aromatic hydroxyl groups is 1. The van der Waals surface area contributed by atoms with Crippen molar-refractivity contribution >= 4 is 53.0 Å². The second-order valence-electron chi connectivity index (χ2n) is 17.6. The highest BCUT2D eigenvalue weighted by Gasteiger charge is 2.40. The number of primary amides is 1. The Hall–Kier alpha value is -6.01. The topological polar surface area (TPSA) is 264 Å². The zero-order chi connectivity index (χ0) is 49.8. The Morgan fingerprint density at radius 1 is 0.896 bits per heavy atom. The number of ketones is 2. The molecule has 0 aromatic heterocycles. The largest absolute Gasteiger partial charge is 0.508 e. The lowest BCUT2D eigenvalue weighted by Gasteiger charge is -2.38. The summed E-state index contributed by atoms with van der Waals surface area (Å²) in [5, 5.41) is 22.8. The second kappa shape index (κ2) is 27.6. The molecule has 67 heavy (non-hydrogen) atoms. The minimum atomic E-state index is -0.954. The predicted molar refractivity (Wildman–Crippen MR) is 249 cm³/mol. The quantitative estimate of drug-likeness (QED) is 0.0476. The number of phenolic OH excluding ortho intramolecular Hbond substituents is 1. The Labute approximate surface area is 393 Å². The molecule has 5 atom stereocenters. The van der Waals surface area contributed by atoms with Crippen LogP contribution in [0.3, 0.4) is 0 Å². The molecular weight excluding hydrogens is 863 g/mol. The van der Waals surface area contributed by atoms with Gasteiger partial charge in [-0.05, 0) is 113 Å². The van der Waals surface area contributed by atoms with Crippen LogP contribution < -0.4 is 27.0 Å². The summed E-state index contributed by atoms with van der Waals surface area (Å²) in [5.74, 6) is -3.87. The Balaban J connectivity index is 0.000000857. The van der Waals surface area contributed by atoms with Gasteiger partial charge in [-0.3, -0.25) is 38.4 Å². The molecule has 1 fully saturated rings. The first kappa shape index (κ1) is 55.3. The number of fused-ring (bicyclic) bond motifs is 1. The molecule has 0 spiro atoms. The number of amides is 6. The number of phenols is 1. The number of carbonyl (C=O) groups excluding carboxylic acids is 9. The van der Waals surface area contributed by atoms with Crippen LogP contribution in [-0.2, 0) is 67.4 Å². The number of hydroxylamine groups is 2. The minimum Gasteiger partial charge on any atom is -0.508 e. The first-order chi connectivity index (χ1) is 31.8. The van der Waals surface area contributed by atoms with Crippen LogP contribution in [0.2, 0.25) is 0 Å². The summed E-state index contributed by atoms with van der Waals surface area (Å²) in [7, 11) is 1.78. The number of nitrogens with two attached hydrogens (primary N) is 1. The summed E-state index contributed by atoms with van der Waals surface area (Å²) < 4.78 is 0. The van der Waals surface area contributed by atoms with Crippen molar-refractivity contribution in [1.82, 2.24) is 31.2 Å². The van der Waals surface area contributed by atoms with Crippen molar-refractivity contribution in [2.24, 2.45) is 17.6 Å². The Kier molecular flexibility index (Phi) is 22.8. The van der Waals surface area contributed by atoms with Gasteiger partial charge in [0.2, 0.25) is 23.6 Å². The van der Waals surface area contributed by atoms with Crippen molar-refractivity contribution in [2.75, 3.05) is 26.7 Å². The van der Waals surface area contributed by atoms with Crippen LogP contribution in [-0.4, -0.2) is 113 Å². The van der Waals surface area contributed by atoms with Gasteiger partial charge in [0.1, 0.15) is 29.4 Å². The molecule has 2 heterocycles. The van der Waals surface area contributed by atoms with E-state index in [0.29, 0.717) is 69.6 Å². The molecule has 0 aliphatic carbocycles. The van der Waals surface area contributed by atoms with E-state index in [9.17, 15) is 48.3 Å². The lowest BCUT2D eigenvalue weighted by molar-refractivity contribution is -0.196. The number of likely N-dealkylation sites (N-methyl/N-ethyl adjacent to an activating group) is 1. The normalized spacial score (nSPS) is 16.8. The van der Waals surface area contributed by atoms with Crippen molar-refractivity contribution in [2.45, 2.75) is 143 Å². The molecule has 0 saturated carbocycles. The van der Waals surface area contributed by atoms with Crippen molar-refractivity contribution in [3.8, 4) is 5.75 Å². The van der Waals surface area contributed by atoms with E-state index >= 15 is 0 Å². The van der Waals surface area contributed by atoms with E-state index < -0.39 is 47.6 Å². The molecule has 18 heteroatoms. The molecule has 6 amide bonds. The van der Waals surface area contributed by atoms with Crippen molar-refractivity contribution < 1.29 is 53.1 Å². The summed E-state index contributed by atoms with van der Waals surface area (Å²) in [4.78, 5) is 115. The Morgan fingerprint density at radius 2 is 1.54 bits per heavy atom. The van der Waals surface area contributed by atoms with Crippen LogP contribution in [0.5, 0.6) is 5.75 Å². The number of imide groups is 1. The van der Waals surface area contributed by atoms with Gasteiger partial charge in [-0.25, -0.2) is 4.79 Å². The van der Waals surface area contributed by atoms with Crippen LogP contribution in [0.4, 0.5) is 0 Å². The van der Waals surface area contributed by atoms with Gasteiger partial charge in [0, 0.05) is 51.7 Å². The molecule has 1 unspecified atom stereocenters. The van der Waals surface area contributed by atoms with Gasteiger partial charge < -0.3 is 41.8 Å². The molecule has 7 N–H and O–H groups in total. The number of hydrogen-bond acceptors (Lipinski definition) is 13. The Bertz CT molecular complexity index is 2070. The Morgan fingerprint density at radius 3 is 2.12 bits per heavy atom. The maximum absolute atomic E-state index is 14.4. The number of hydrogen-bond donors (Lipinski definition) is 6. The van der Waals surface area contributed by atoms with Gasteiger partial charge in [-0.2, -0.15) is 0 Å². The van der Waals surface area contributed by atoms with Gasteiger partial charge in [0.15, 0.2) is 0 Å². The number of aryl methyl sites for hydroxylation is 2. The maximum Gasteiger partial charge on any atom is 0.330 e. The highest BCUT2D eigenvalue weighted by Crippen LogP contribution is 2.29. The second-order valence-corrected chi connectivity index (χ2v) is 17.6. The average molecular weight is 934 g/mol. The van der Waals surface area contributed by atoms with Crippen LogP contribution in [0, 0.1) is 25.7 Å². The number of unbranched alkanes of at least 4 members (excludes halogenated alkanes) is 3. The first-order valence-electron chi connectivity index (χ1n) is 23.3. The summed E-state index contributed by atoms with van der Waals surface area (Å²) in [6.45, 7) is 11.5. The standard InChI is InChI=1S/C42H62N6O7.C7H9NO4/c1-6-45-37(18-9-7-8-16-33(50)22-29(4)49)40(53)46-19-13-12-17-36(39(43)52)47-41(54)38-24-30-14-10-11-15-31(30)26-48(38)42(55)32(25-44-5)23-35-27(2)20-34(51)21-28(35)3;1-4-3-6(10)8(7(4)11)12-5(2)9/h10-11,14-15,20-21,32,36-38,44-45,51H,6-9,12-13,16-19,22-26H2,1-5H3,(H2,43,52)(H,46,53)(H,47,54);4H,3H2,1-2H3/t32-,36+,37+,38+;/m1./s1. The molecular formula is C49H71N7O11. The number of rotatable bonds is 25. The van der Waals surface area contributed by atoms with E-state index in [4.69, 9.17) is 5.73 Å². The molecule has 2 aromatic carbocycles. The van der Waals surface area contributed by atoms with E-state index in [1.54, 1.807) is 31.0 Å². The highest BCUT2D eigenvalue weighted by atomic mass is 16.7. The number of carbonyl (C=O) groups is 9. The average Bonchev–Trinajstić information content (AvgIpc) is 3.50. The molecule has 18 nitrogen and oxygen atoms in total. The third kappa shape index (κ3) is 17.6. The van der Waals surface area contributed by atoms with Gasteiger partial charge >= 0.3 is 5.97 Å². The van der Waals surface area contributed by atoms with Crippen LogP contribution in [0.1, 0.15) is 120 Å². The van der Waals surface area contributed by atoms with Gasteiger partial charge in [0.25, 0.3) is 11.8 Å². The fourth-order valence-electron chi connectivity index (χ4n) is 8.38. The van der Waals surface area contributed by atoms with Gasteiger partial charge in [-0.15, -0.1) is 5.06 Å². The first-order valence-corrected chi connectivity index (χ1v) is 23.3. The smallest absolute Gasteiger partial charge is 0.330 e. The third-order valence-electron chi connectivity index (χ3n) is 11.9. The molecule has 2 aromatic rings. The highest BCUT2D eigenvalue weighted by molar-refractivity contribution is 6.03. The van der Waals surface area contributed by atoms with Crippen molar-refractivity contribution in [3.05, 3.63) is 64.2 Å². The third-order valence-corrected chi connectivity index (χ3v) is 11.9. The predicted octanol–water partition coefficient (Wildman–Crippen LogP) is 2.93. The van der Waals surface area contributed by atoms with E-state index in [2.05, 4.69) is 26.1 Å². The van der Waals surface area contributed by atoms with Crippen molar-refractivity contribution in [3.63, 3.8) is 0 Å². The SMILES string of the molecule is CC(=O)ON1C(=O)CC(C)C1=O.CCN[C@@H](CCCCCC(=O)CC(C)=O)C(=O)NCCCC[C@H](NC(=O)[C@@H]1Cc2ccccc2CN1C(=O)[C@@H](CNC)Cc1c(C)cc(O)cc1C)C(N)=O. The fraction of sp³-hybridized carbons (Fsp3) is 0.571. The van der Waals surface area contributed by atoms with E-state index in [1.165, 1.54) is 6.92 Å². The van der Waals surface area contributed by atoms with Crippen LogP contribution in [0.15, 0.2) is 36.4 Å². The molecule has 0 bridgehead atoms. The molecule has 368 valence electrons. The van der Waals surface area contributed by atoms with E-state index in [-0.39, 0.29) is 66.9 Å². The lowest BCUT2D eigenvalue weighted by Crippen LogP contribution is -2.57. The number of benzene rings is 2. The van der Waals surface area contributed by atoms with Gasteiger partial charge in [-0.1, -0.05) is 51.0 Å². The summed E-state index contributed by atoms with van der Waals surface area (Å²) in [6, 6.07) is 8.92.